The van der Waals surface area contributed by atoms with Gasteiger partial charge in [-0.15, -0.1) is 10.2 Å². The van der Waals surface area contributed by atoms with Crippen LogP contribution in [-0.2, 0) is 23.5 Å². The van der Waals surface area contributed by atoms with Gasteiger partial charge in [-0.1, -0.05) is 19.3 Å². The highest BCUT2D eigenvalue weighted by Crippen LogP contribution is 2.31. The molecule has 0 spiro atoms. The fourth-order valence-corrected chi connectivity index (χ4v) is 5.92. The van der Waals surface area contributed by atoms with Gasteiger partial charge in [-0.25, -0.2) is 8.42 Å². The molecule has 1 aliphatic heterocycles. The van der Waals surface area contributed by atoms with Crippen LogP contribution in [0.25, 0.3) is 0 Å². The Balaban J connectivity index is 1.73. The average molecular weight is 342 g/mol. The van der Waals surface area contributed by atoms with E-state index in [1.807, 2.05) is 7.05 Å². The minimum absolute atomic E-state index is 0.165. The molecule has 1 N–H and O–H groups in total. The molecule has 2 aliphatic rings. The lowest BCUT2D eigenvalue weighted by atomic mass is 9.90. The number of aromatic nitrogens is 3. The second-order valence-electron chi connectivity index (χ2n) is 7.00. The summed E-state index contributed by atoms with van der Waals surface area (Å²) in [5, 5.41) is 18.5. The van der Waals surface area contributed by atoms with Gasteiger partial charge in [0.2, 0.25) is 10.0 Å². The third-order valence-corrected chi connectivity index (χ3v) is 7.49. The van der Waals surface area contributed by atoms with E-state index >= 15 is 0 Å². The molecule has 8 heteroatoms. The molecule has 0 radical (unpaired) electrons. The summed E-state index contributed by atoms with van der Waals surface area (Å²) < 4.78 is 29.0. The molecule has 1 atom stereocenters. The first-order valence-electron chi connectivity index (χ1n) is 8.45. The molecule has 2 heterocycles. The molecule has 1 aromatic rings. The van der Waals surface area contributed by atoms with Crippen LogP contribution in [0.2, 0.25) is 0 Å². The van der Waals surface area contributed by atoms with Gasteiger partial charge in [-0.3, -0.25) is 0 Å². The first-order valence-corrected chi connectivity index (χ1v) is 9.95. The van der Waals surface area contributed by atoms with Crippen LogP contribution in [0.1, 0.15) is 50.8 Å². The van der Waals surface area contributed by atoms with Gasteiger partial charge in [-0.2, -0.15) is 4.31 Å². The maximum Gasteiger partial charge on any atom is 0.217 e. The Morgan fingerprint density at radius 3 is 2.70 bits per heavy atom. The number of hydrogen-bond acceptors (Lipinski definition) is 5. The van der Waals surface area contributed by atoms with E-state index in [9.17, 15) is 13.5 Å². The SMILES string of the molecule is Cn1cnnc1CC1(O)CCCN(S(=O)(=O)C2CCCCC2)C1. The van der Waals surface area contributed by atoms with Crippen molar-refractivity contribution in [3.05, 3.63) is 12.2 Å². The van der Waals surface area contributed by atoms with Gasteiger partial charge in [0.25, 0.3) is 0 Å². The van der Waals surface area contributed by atoms with Crippen molar-refractivity contribution < 1.29 is 13.5 Å². The number of aliphatic hydroxyl groups is 1. The van der Waals surface area contributed by atoms with Crippen molar-refractivity contribution in [1.29, 1.82) is 0 Å². The van der Waals surface area contributed by atoms with Crippen LogP contribution >= 0.6 is 0 Å². The maximum absolute atomic E-state index is 12.9. The molecule has 23 heavy (non-hydrogen) atoms. The van der Waals surface area contributed by atoms with Gasteiger partial charge in [0.15, 0.2) is 0 Å². The summed E-state index contributed by atoms with van der Waals surface area (Å²) in [6, 6.07) is 0. The summed E-state index contributed by atoms with van der Waals surface area (Å²) in [6.07, 6.45) is 7.81. The topological polar surface area (TPSA) is 88.3 Å². The molecule has 7 nitrogen and oxygen atoms in total. The molecule has 0 amide bonds. The largest absolute Gasteiger partial charge is 0.388 e. The number of hydrogen-bond donors (Lipinski definition) is 1. The Labute approximate surface area is 137 Å². The monoisotopic (exact) mass is 342 g/mol. The number of aryl methyl sites for hydroxylation is 1. The predicted molar refractivity (Wildman–Crippen MR) is 86.3 cm³/mol. The third kappa shape index (κ3) is 3.59. The molecule has 3 rings (SSSR count). The summed E-state index contributed by atoms with van der Waals surface area (Å²) in [4.78, 5) is 0. The zero-order valence-corrected chi connectivity index (χ0v) is 14.5. The smallest absolute Gasteiger partial charge is 0.217 e. The van der Waals surface area contributed by atoms with Crippen LogP contribution in [-0.4, -0.2) is 56.5 Å². The van der Waals surface area contributed by atoms with E-state index in [-0.39, 0.29) is 11.8 Å². The first kappa shape index (κ1) is 16.9. The Bertz CT molecular complexity index is 639. The molecule has 1 saturated heterocycles. The highest BCUT2D eigenvalue weighted by molar-refractivity contribution is 7.89. The van der Waals surface area contributed by atoms with Gasteiger partial charge in [0.05, 0.1) is 10.9 Å². The lowest BCUT2D eigenvalue weighted by Crippen LogP contribution is -2.53. The zero-order valence-electron chi connectivity index (χ0n) is 13.7. The maximum atomic E-state index is 12.9. The summed E-state index contributed by atoms with van der Waals surface area (Å²) in [5.74, 6) is 0.685. The van der Waals surface area contributed by atoms with E-state index in [0.717, 1.165) is 32.1 Å². The number of β-amino-alcohol motifs (C(OH)–C–C–N with tert-alkyl or cyclic N) is 1. The van der Waals surface area contributed by atoms with Crippen LogP contribution in [0, 0.1) is 0 Å². The van der Waals surface area contributed by atoms with Crippen molar-refractivity contribution >= 4 is 10.0 Å². The van der Waals surface area contributed by atoms with Gasteiger partial charge in [-0.05, 0) is 25.7 Å². The lowest BCUT2D eigenvalue weighted by Gasteiger charge is -2.40. The first-order chi connectivity index (χ1) is 10.9. The Kier molecular flexibility index (Phi) is 4.75. The minimum atomic E-state index is -3.31. The second-order valence-corrected chi connectivity index (χ2v) is 9.21. The quantitative estimate of drug-likeness (QED) is 0.876. The van der Waals surface area contributed by atoms with Gasteiger partial charge >= 0.3 is 0 Å². The minimum Gasteiger partial charge on any atom is -0.388 e. The fraction of sp³-hybridized carbons (Fsp3) is 0.867. The van der Waals surface area contributed by atoms with Crippen LogP contribution in [0.5, 0.6) is 0 Å². The summed E-state index contributed by atoms with van der Waals surface area (Å²) in [5.41, 5.74) is -1.05. The average Bonchev–Trinajstić information content (AvgIpc) is 2.92. The Morgan fingerprint density at radius 1 is 1.30 bits per heavy atom. The summed E-state index contributed by atoms with van der Waals surface area (Å²) in [7, 11) is -1.48. The van der Waals surface area contributed by atoms with Crippen LogP contribution in [0.15, 0.2) is 6.33 Å². The van der Waals surface area contributed by atoms with E-state index in [0.29, 0.717) is 31.6 Å². The van der Waals surface area contributed by atoms with Crippen molar-refractivity contribution in [3.63, 3.8) is 0 Å². The second kappa shape index (κ2) is 6.49. The predicted octanol–water partition coefficient (Wildman–Crippen LogP) is 0.847. The van der Waals surface area contributed by atoms with E-state index in [4.69, 9.17) is 0 Å². The molecule has 130 valence electrons. The molecular weight excluding hydrogens is 316 g/mol. The molecule has 2 fully saturated rings. The lowest BCUT2D eigenvalue weighted by molar-refractivity contribution is -0.00962. The summed E-state index contributed by atoms with van der Waals surface area (Å²) in [6.45, 7) is 0.679. The van der Waals surface area contributed by atoms with Crippen molar-refractivity contribution in [2.45, 2.75) is 62.2 Å². The van der Waals surface area contributed by atoms with Crippen molar-refractivity contribution in [1.82, 2.24) is 19.1 Å². The standard InChI is InChI=1S/C15H26N4O3S/c1-18-12-16-17-14(18)10-15(20)8-5-9-19(11-15)23(21,22)13-6-3-2-4-7-13/h12-13,20H,2-11H2,1H3. The fourth-order valence-electron chi connectivity index (χ4n) is 3.77. The Hall–Kier alpha value is -0.990. The molecule has 1 saturated carbocycles. The number of piperidine rings is 1. The van der Waals surface area contributed by atoms with Crippen molar-refractivity contribution in [2.24, 2.45) is 7.05 Å². The van der Waals surface area contributed by atoms with E-state index in [2.05, 4.69) is 10.2 Å². The molecule has 1 unspecified atom stereocenters. The zero-order chi connectivity index (χ0) is 16.5. The van der Waals surface area contributed by atoms with E-state index < -0.39 is 15.6 Å². The van der Waals surface area contributed by atoms with E-state index in [1.165, 1.54) is 4.31 Å². The molecule has 0 aromatic carbocycles. The van der Waals surface area contributed by atoms with Crippen LogP contribution in [0.3, 0.4) is 0 Å². The molecule has 0 bridgehead atoms. The number of sulfonamides is 1. The van der Waals surface area contributed by atoms with Crippen molar-refractivity contribution in [3.8, 4) is 0 Å². The number of nitrogens with zero attached hydrogens (tertiary/aromatic N) is 4. The molecule has 1 aromatic heterocycles. The number of rotatable bonds is 4. The highest BCUT2D eigenvalue weighted by atomic mass is 32.2. The third-order valence-electron chi connectivity index (χ3n) is 5.15. The molecule has 1 aliphatic carbocycles. The molecular formula is C15H26N4O3S. The summed E-state index contributed by atoms with van der Waals surface area (Å²) >= 11 is 0. The van der Waals surface area contributed by atoms with Gasteiger partial charge < -0.3 is 9.67 Å². The van der Waals surface area contributed by atoms with Gasteiger partial charge in [0.1, 0.15) is 12.2 Å². The van der Waals surface area contributed by atoms with Gasteiger partial charge in [0, 0.05) is 26.6 Å². The van der Waals surface area contributed by atoms with Crippen LogP contribution in [0.4, 0.5) is 0 Å². The van der Waals surface area contributed by atoms with Crippen LogP contribution < -0.4 is 0 Å². The van der Waals surface area contributed by atoms with Crippen molar-refractivity contribution in [2.75, 3.05) is 13.1 Å². The highest BCUT2D eigenvalue weighted by Gasteiger charge is 2.41. The Morgan fingerprint density at radius 2 is 2.04 bits per heavy atom. The normalized spacial score (nSPS) is 28.1. The van der Waals surface area contributed by atoms with E-state index in [1.54, 1.807) is 10.9 Å².